The summed E-state index contributed by atoms with van der Waals surface area (Å²) in [5.74, 6) is 0.110. The minimum atomic E-state index is 0.110. The maximum Gasteiger partial charge on any atom is 0.203 e. The summed E-state index contributed by atoms with van der Waals surface area (Å²) in [6, 6.07) is 13.7. The summed E-state index contributed by atoms with van der Waals surface area (Å²) in [5, 5.41) is 1.17. The lowest BCUT2D eigenvalue weighted by molar-refractivity contribution is 0.0365. The Morgan fingerprint density at radius 3 is 2.64 bits per heavy atom. The molecule has 1 aliphatic rings. The maximum absolute atomic E-state index is 12.7. The number of benzene rings is 1. The highest BCUT2D eigenvalue weighted by Crippen LogP contribution is 2.30. The monoisotopic (exact) mass is 354 g/mol. The van der Waals surface area contributed by atoms with Crippen molar-refractivity contribution in [1.82, 2.24) is 9.47 Å². The standard InChI is InChI=1S/C20H22N2O2S/c1-15-13-17-14-18(19(23)16-5-3-2-4-6-16)25-20(17)22(15)8-7-21-9-11-24-12-10-21/h2-6,13-14H,7-12H2,1H3. The molecule has 0 aliphatic carbocycles. The number of aryl methyl sites for hydroxylation is 1. The fourth-order valence-electron chi connectivity index (χ4n) is 3.36. The Kier molecular flexibility index (Phi) is 4.70. The number of fused-ring (bicyclic) bond motifs is 1. The van der Waals surface area contributed by atoms with Crippen molar-refractivity contribution < 1.29 is 9.53 Å². The molecule has 1 aromatic carbocycles. The average Bonchev–Trinajstić information content (AvgIpc) is 3.18. The Morgan fingerprint density at radius 1 is 1.12 bits per heavy atom. The van der Waals surface area contributed by atoms with Gasteiger partial charge in [0.05, 0.1) is 18.1 Å². The number of rotatable bonds is 5. The number of carbonyl (C=O) groups excluding carboxylic acids is 1. The summed E-state index contributed by atoms with van der Waals surface area (Å²) in [5.41, 5.74) is 2.01. The van der Waals surface area contributed by atoms with Crippen molar-refractivity contribution in [3.63, 3.8) is 0 Å². The zero-order valence-electron chi connectivity index (χ0n) is 14.4. The van der Waals surface area contributed by atoms with Gasteiger partial charge in [-0.25, -0.2) is 0 Å². The van der Waals surface area contributed by atoms with Crippen molar-refractivity contribution in [2.75, 3.05) is 32.8 Å². The molecule has 3 heterocycles. The van der Waals surface area contributed by atoms with E-state index in [4.69, 9.17) is 4.74 Å². The van der Waals surface area contributed by atoms with E-state index in [1.54, 1.807) is 11.3 Å². The normalized spacial score (nSPS) is 15.7. The maximum atomic E-state index is 12.7. The molecule has 3 aromatic rings. The summed E-state index contributed by atoms with van der Waals surface area (Å²) in [6.07, 6.45) is 0. The fourth-order valence-corrected chi connectivity index (χ4v) is 4.55. The summed E-state index contributed by atoms with van der Waals surface area (Å²) in [7, 11) is 0. The SMILES string of the molecule is Cc1cc2cc(C(=O)c3ccccc3)sc2n1CCN1CCOCC1. The Morgan fingerprint density at radius 2 is 1.88 bits per heavy atom. The van der Waals surface area contributed by atoms with Crippen LogP contribution in [0.1, 0.15) is 20.9 Å². The molecule has 0 spiro atoms. The molecular weight excluding hydrogens is 332 g/mol. The Balaban J connectivity index is 1.56. The molecule has 1 saturated heterocycles. The molecule has 1 aliphatic heterocycles. The summed E-state index contributed by atoms with van der Waals surface area (Å²) < 4.78 is 7.76. The first-order valence-electron chi connectivity index (χ1n) is 8.72. The lowest BCUT2D eigenvalue weighted by Crippen LogP contribution is -2.38. The molecule has 0 amide bonds. The van der Waals surface area contributed by atoms with Crippen LogP contribution < -0.4 is 0 Å². The van der Waals surface area contributed by atoms with E-state index in [-0.39, 0.29) is 5.78 Å². The molecule has 0 unspecified atom stereocenters. The van der Waals surface area contributed by atoms with Crippen LogP contribution in [0.2, 0.25) is 0 Å². The zero-order chi connectivity index (χ0) is 17.2. The van der Waals surface area contributed by atoms with Gasteiger partial charge in [0.1, 0.15) is 4.83 Å². The van der Waals surface area contributed by atoms with Gasteiger partial charge in [0.15, 0.2) is 0 Å². The highest BCUT2D eigenvalue weighted by Gasteiger charge is 2.17. The largest absolute Gasteiger partial charge is 0.379 e. The second kappa shape index (κ2) is 7.12. The number of morpholine rings is 1. The zero-order valence-corrected chi connectivity index (χ0v) is 15.2. The molecule has 0 saturated carbocycles. The van der Waals surface area contributed by atoms with Gasteiger partial charge in [-0.05, 0) is 19.1 Å². The quantitative estimate of drug-likeness (QED) is 0.657. The predicted molar refractivity (Wildman–Crippen MR) is 102 cm³/mol. The van der Waals surface area contributed by atoms with E-state index in [1.165, 1.54) is 15.9 Å². The van der Waals surface area contributed by atoms with E-state index < -0.39 is 0 Å². The lowest BCUT2D eigenvalue weighted by Gasteiger charge is -2.26. The van der Waals surface area contributed by atoms with E-state index in [0.29, 0.717) is 0 Å². The number of ketones is 1. The minimum absolute atomic E-state index is 0.110. The van der Waals surface area contributed by atoms with Crippen molar-refractivity contribution in [3.8, 4) is 0 Å². The Hall–Kier alpha value is -1.95. The van der Waals surface area contributed by atoms with Crippen LogP contribution in [0.3, 0.4) is 0 Å². The van der Waals surface area contributed by atoms with Crippen LogP contribution in [0.5, 0.6) is 0 Å². The van der Waals surface area contributed by atoms with Crippen LogP contribution in [0.4, 0.5) is 0 Å². The van der Waals surface area contributed by atoms with Crippen LogP contribution >= 0.6 is 11.3 Å². The predicted octanol–water partition coefficient (Wildman–Crippen LogP) is 3.57. The van der Waals surface area contributed by atoms with Gasteiger partial charge in [0, 0.05) is 42.8 Å². The lowest BCUT2D eigenvalue weighted by atomic mass is 10.1. The van der Waals surface area contributed by atoms with Crippen LogP contribution in [0.15, 0.2) is 42.5 Å². The third-order valence-corrected chi connectivity index (χ3v) is 5.95. The molecule has 130 valence electrons. The molecule has 5 heteroatoms. The van der Waals surface area contributed by atoms with Crippen LogP contribution in [-0.2, 0) is 11.3 Å². The highest BCUT2D eigenvalue weighted by molar-refractivity contribution is 7.20. The van der Waals surface area contributed by atoms with Gasteiger partial charge in [-0.15, -0.1) is 11.3 Å². The topological polar surface area (TPSA) is 34.5 Å². The molecule has 1 fully saturated rings. The Labute approximate surface area is 151 Å². The molecule has 2 aromatic heterocycles. The van der Waals surface area contributed by atoms with E-state index in [0.717, 1.165) is 49.8 Å². The number of hydrogen-bond donors (Lipinski definition) is 0. The van der Waals surface area contributed by atoms with Crippen molar-refractivity contribution in [3.05, 3.63) is 58.6 Å². The van der Waals surface area contributed by atoms with Gasteiger partial charge in [0.2, 0.25) is 5.78 Å². The van der Waals surface area contributed by atoms with E-state index in [1.807, 2.05) is 36.4 Å². The first-order valence-corrected chi connectivity index (χ1v) is 9.53. The summed E-state index contributed by atoms with van der Waals surface area (Å²) in [4.78, 5) is 17.2. The molecule has 25 heavy (non-hydrogen) atoms. The van der Waals surface area contributed by atoms with E-state index >= 15 is 0 Å². The number of ether oxygens (including phenoxy) is 1. The third-order valence-electron chi connectivity index (χ3n) is 4.78. The minimum Gasteiger partial charge on any atom is -0.379 e. The number of carbonyl (C=O) groups is 1. The van der Waals surface area contributed by atoms with Crippen molar-refractivity contribution >= 4 is 27.3 Å². The van der Waals surface area contributed by atoms with Gasteiger partial charge in [-0.1, -0.05) is 30.3 Å². The van der Waals surface area contributed by atoms with Gasteiger partial charge >= 0.3 is 0 Å². The highest BCUT2D eigenvalue weighted by atomic mass is 32.1. The van der Waals surface area contributed by atoms with Gasteiger partial charge < -0.3 is 9.30 Å². The fraction of sp³-hybridized carbons (Fsp3) is 0.350. The van der Waals surface area contributed by atoms with Crippen LogP contribution in [0.25, 0.3) is 10.2 Å². The number of aromatic nitrogens is 1. The van der Waals surface area contributed by atoms with Crippen LogP contribution in [0, 0.1) is 6.92 Å². The second-order valence-electron chi connectivity index (χ2n) is 6.46. The number of hydrogen-bond acceptors (Lipinski definition) is 4. The third kappa shape index (κ3) is 3.40. The molecular formula is C20H22N2O2S. The average molecular weight is 354 g/mol. The van der Waals surface area contributed by atoms with Gasteiger partial charge in [0.25, 0.3) is 0 Å². The van der Waals surface area contributed by atoms with E-state index in [2.05, 4.69) is 22.5 Å². The van der Waals surface area contributed by atoms with Crippen molar-refractivity contribution in [2.24, 2.45) is 0 Å². The molecule has 4 nitrogen and oxygen atoms in total. The molecule has 0 radical (unpaired) electrons. The summed E-state index contributed by atoms with van der Waals surface area (Å²) in [6.45, 7) is 7.79. The molecule has 4 rings (SSSR count). The van der Waals surface area contributed by atoms with E-state index in [9.17, 15) is 4.79 Å². The van der Waals surface area contributed by atoms with Gasteiger partial charge in [-0.3, -0.25) is 9.69 Å². The smallest absolute Gasteiger partial charge is 0.203 e. The molecule has 0 bridgehead atoms. The molecule has 0 atom stereocenters. The number of nitrogens with zero attached hydrogens (tertiary/aromatic N) is 2. The Bertz CT molecular complexity index is 876. The first kappa shape index (κ1) is 16.5. The van der Waals surface area contributed by atoms with Gasteiger partial charge in [-0.2, -0.15) is 0 Å². The number of thiophene rings is 1. The van der Waals surface area contributed by atoms with Crippen LogP contribution in [-0.4, -0.2) is 48.1 Å². The second-order valence-corrected chi connectivity index (χ2v) is 7.49. The van der Waals surface area contributed by atoms with Crippen molar-refractivity contribution in [2.45, 2.75) is 13.5 Å². The first-order chi connectivity index (χ1) is 12.2. The van der Waals surface area contributed by atoms with Crippen molar-refractivity contribution in [1.29, 1.82) is 0 Å². The summed E-state index contributed by atoms with van der Waals surface area (Å²) >= 11 is 1.60. The molecule has 0 N–H and O–H groups in total.